The van der Waals surface area contributed by atoms with Crippen LogP contribution in [0.4, 0.5) is 4.79 Å². The first kappa shape index (κ1) is 17.5. The zero-order valence-electron chi connectivity index (χ0n) is 12.3. The molecule has 0 unspecified atom stereocenters. The Morgan fingerprint density at radius 2 is 1.95 bits per heavy atom. The zero-order valence-corrected chi connectivity index (χ0v) is 13.0. The molecule has 0 aromatic heterocycles. The van der Waals surface area contributed by atoms with Crippen molar-refractivity contribution in [3.05, 3.63) is 41.1 Å². The summed E-state index contributed by atoms with van der Waals surface area (Å²) in [5, 5.41) is 5.89. The summed E-state index contributed by atoms with van der Waals surface area (Å²) in [5.74, 6) is 0. The molecule has 2 N–H and O–H groups in total. The first-order valence-electron chi connectivity index (χ1n) is 6.86. The number of amides is 2. The Kier molecular flexibility index (Phi) is 8.50. The van der Waals surface area contributed by atoms with E-state index in [-0.39, 0.29) is 12.6 Å². The largest absolute Gasteiger partial charge is 0.351 e. The lowest BCUT2D eigenvalue weighted by molar-refractivity contribution is -0.131. The van der Waals surface area contributed by atoms with Crippen LogP contribution in [0.1, 0.15) is 19.4 Å². The number of hydrogen-bond donors (Lipinski definition) is 2. The molecule has 5 nitrogen and oxygen atoms in total. The Morgan fingerprint density at radius 1 is 1.29 bits per heavy atom. The average Bonchev–Trinajstić information content (AvgIpc) is 2.47. The normalized spacial score (nSPS) is 11.0. The fourth-order valence-electron chi connectivity index (χ4n) is 1.58. The fourth-order valence-corrected chi connectivity index (χ4v) is 1.78. The monoisotopic (exact) mass is 312 g/mol. The minimum absolute atomic E-state index is 0.285. The Hall–Kier alpha value is -1.56. The average molecular weight is 313 g/mol. The standard InChI is InChI=1S/C15H21ClN2O3/c1-3-20-14(21-4-2)11-18-15(19)17-10-9-12-7-5-6-8-13(12)16/h5-10,14H,3-4,11H2,1-2H3,(H2,17,18,19)/b10-9+. The molecule has 0 saturated carbocycles. The first-order chi connectivity index (χ1) is 10.2. The van der Waals surface area contributed by atoms with Crippen molar-refractivity contribution < 1.29 is 14.3 Å². The summed E-state index contributed by atoms with van der Waals surface area (Å²) < 4.78 is 10.6. The molecule has 0 aliphatic carbocycles. The predicted octanol–water partition coefficient (Wildman–Crippen LogP) is 3.01. The molecule has 0 atom stereocenters. The van der Waals surface area contributed by atoms with Gasteiger partial charge in [0.15, 0.2) is 6.29 Å². The summed E-state index contributed by atoms with van der Waals surface area (Å²) >= 11 is 6.00. The van der Waals surface area contributed by atoms with Crippen LogP contribution in [0.25, 0.3) is 6.08 Å². The zero-order chi connectivity index (χ0) is 15.5. The number of carbonyl (C=O) groups is 1. The maximum absolute atomic E-state index is 11.6. The van der Waals surface area contributed by atoms with Gasteiger partial charge in [0.25, 0.3) is 0 Å². The number of urea groups is 1. The highest BCUT2D eigenvalue weighted by Crippen LogP contribution is 2.15. The van der Waals surface area contributed by atoms with Gasteiger partial charge in [-0.25, -0.2) is 4.79 Å². The number of ether oxygens (including phenoxy) is 2. The van der Waals surface area contributed by atoms with Gasteiger partial charge in [-0.15, -0.1) is 0 Å². The van der Waals surface area contributed by atoms with Crippen molar-refractivity contribution >= 4 is 23.7 Å². The third kappa shape index (κ3) is 7.13. The summed E-state index contributed by atoms with van der Waals surface area (Å²) in [7, 11) is 0. The summed E-state index contributed by atoms with van der Waals surface area (Å²) in [6.45, 7) is 5.09. The highest BCUT2D eigenvalue weighted by Gasteiger charge is 2.08. The molecule has 116 valence electrons. The third-order valence-corrected chi connectivity index (χ3v) is 2.86. The lowest BCUT2D eigenvalue weighted by Gasteiger charge is -2.17. The van der Waals surface area contributed by atoms with Crippen molar-refractivity contribution in [2.24, 2.45) is 0 Å². The molecule has 1 aromatic carbocycles. The van der Waals surface area contributed by atoms with Crippen LogP contribution in [0.15, 0.2) is 30.5 Å². The van der Waals surface area contributed by atoms with Gasteiger partial charge in [0.05, 0.1) is 6.54 Å². The molecule has 0 aliphatic heterocycles. The first-order valence-corrected chi connectivity index (χ1v) is 7.23. The topological polar surface area (TPSA) is 59.6 Å². The van der Waals surface area contributed by atoms with Gasteiger partial charge in [-0.3, -0.25) is 0 Å². The van der Waals surface area contributed by atoms with Gasteiger partial charge < -0.3 is 20.1 Å². The van der Waals surface area contributed by atoms with Crippen LogP contribution in [0.5, 0.6) is 0 Å². The van der Waals surface area contributed by atoms with E-state index >= 15 is 0 Å². The molecule has 1 rings (SSSR count). The molecule has 2 amide bonds. The van der Waals surface area contributed by atoms with E-state index in [1.165, 1.54) is 6.20 Å². The summed E-state index contributed by atoms with van der Waals surface area (Å²) in [6.07, 6.45) is 2.83. The molecule has 0 heterocycles. The number of halogens is 1. The molecule has 1 aromatic rings. The molecule has 0 fully saturated rings. The predicted molar refractivity (Wildman–Crippen MR) is 84.1 cm³/mol. The van der Waals surface area contributed by atoms with Crippen LogP contribution in [0, 0.1) is 0 Å². The summed E-state index contributed by atoms with van der Waals surface area (Å²) in [4.78, 5) is 11.6. The van der Waals surface area contributed by atoms with Crippen molar-refractivity contribution in [3.8, 4) is 0 Å². The SMILES string of the molecule is CCOC(CNC(=O)N/C=C/c1ccccc1Cl)OCC. The highest BCUT2D eigenvalue weighted by atomic mass is 35.5. The number of carbonyl (C=O) groups excluding carboxylic acids is 1. The lowest BCUT2D eigenvalue weighted by atomic mass is 10.2. The van der Waals surface area contributed by atoms with Gasteiger partial charge in [-0.2, -0.15) is 0 Å². The van der Waals surface area contributed by atoms with Crippen LogP contribution in [0.3, 0.4) is 0 Å². The van der Waals surface area contributed by atoms with Crippen molar-refractivity contribution in [2.45, 2.75) is 20.1 Å². The van der Waals surface area contributed by atoms with Gasteiger partial charge in [-0.1, -0.05) is 29.8 Å². The minimum atomic E-state index is -0.432. The van der Waals surface area contributed by atoms with E-state index in [2.05, 4.69) is 10.6 Å². The second-order valence-electron chi connectivity index (χ2n) is 4.05. The van der Waals surface area contributed by atoms with Crippen LogP contribution >= 0.6 is 11.6 Å². The molecule has 6 heteroatoms. The van der Waals surface area contributed by atoms with E-state index in [0.29, 0.717) is 18.2 Å². The maximum atomic E-state index is 11.6. The maximum Gasteiger partial charge on any atom is 0.318 e. The van der Waals surface area contributed by atoms with Crippen LogP contribution < -0.4 is 10.6 Å². The van der Waals surface area contributed by atoms with Crippen LogP contribution in [-0.2, 0) is 9.47 Å². The van der Waals surface area contributed by atoms with Crippen molar-refractivity contribution in [1.29, 1.82) is 0 Å². The van der Waals surface area contributed by atoms with Gasteiger partial charge in [0.1, 0.15) is 0 Å². The lowest BCUT2D eigenvalue weighted by Crippen LogP contribution is -2.39. The van der Waals surface area contributed by atoms with E-state index in [0.717, 1.165) is 5.56 Å². The quantitative estimate of drug-likeness (QED) is 0.725. The third-order valence-electron chi connectivity index (χ3n) is 2.52. The smallest absolute Gasteiger partial charge is 0.318 e. The molecular formula is C15H21ClN2O3. The van der Waals surface area contributed by atoms with E-state index in [4.69, 9.17) is 21.1 Å². The van der Waals surface area contributed by atoms with Crippen molar-refractivity contribution in [3.63, 3.8) is 0 Å². The molecule has 0 bridgehead atoms. The van der Waals surface area contributed by atoms with Crippen LogP contribution in [0.2, 0.25) is 5.02 Å². The minimum Gasteiger partial charge on any atom is -0.351 e. The number of rotatable bonds is 8. The Labute approximate surface area is 130 Å². The molecule has 21 heavy (non-hydrogen) atoms. The van der Waals surface area contributed by atoms with E-state index in [1.807, 2.05) is 32.0 Å². The molecule has 0 spiro atoms. The van der Waals surface area contributed by atoms with Gasteiger partial charge in [-0.05, 0) is 31.6 Å². The van der Waals surface area contributed by atoms with Gasteiger partial charge >= 0.3 is 6.03 Å². The second-order valence-corrected chi connectivity index (χ2v) is 4.46. The van der Waals surface area contributed by atoms with E-state index in [9.17, 15) is 4.79 Å². The Bertz CT molecular complexity index is 460. The Morgan fingerprint density at radius 3 is 2.57 bits per heavy atom. The molecule has 0 radical (unpaired) electrons. The number of nitrogens with one attached hydrogen (secondary N) is 2. The molecular weight excluding hydrogens is 292 g/mol. The highest BCUT2D eigenvalue weighted by molar-refractivity contribution is 6.32. The van der Waals surface area contributed by atoms with E-state index < -0.39 is 6.29 Å². The number of hydrogen-bond acceptors (Lipinski definition) is 3. The summed E-state index contributed by atoms with van der Waals surface area (Å²) in [6, 6.07) is 7.04. The van der Waals surface area contributed by atoms with Crippen LogP contribution in [-0.4, -0.2) is 32.1 Å². The van der Waals surface area contributed by atoms with E-state index in [1.54, 1.807) is 12.1 Å². The Balaban J connectivity index is 2.35. The summed E-state index contributed by atoms with van der Waals surface area (Å²) in [5.41, 5.74) is 0.834. The van der Waals surface area contributed by atoms with Gasteiger partial charge in [0.2, 0.25) is 0 Å². The van der Waals surface area contributed by atoms with Gasteiger partial charge in [0, 0.05) is 24.4 Å². The molecule has 0 saturated heterocycles. The second kappa shape index (κ2) is 10.2. The number of benzene rings is 1. The van der Waals surface area contributed by atoms with Crippen molar-refractivity contribution in [1.82, 2.24) is 10.6 Å². The fraction of sp³-hybridized carbons (Fsp3) is 0.400. The molecule has 0 aliphatic rings. The van der Waals surface area contributed by atoms with Crippen molar-refractivity contribution in [2.75, 3.05) is 19.8 Å².